The molecule has 0 amide bonds. The monoisotopic (exact) mass is 296 g/mol. The normalized spacial score (nSPS) is 30.3. The number of ether oxygens (including phenoxy) is 1. The summed E-state index contributed by atoms with van der Waals surface area (Å²) >= 11 is 0. The number of methoxy groups -OCH3 is 1. The molecule has 2 aliphatic carbocycles. The molecule has 0 unspecified atom stereocenters. The zero-order valence-electron chi connectivity index (χ0n) is 13.0. The van der Waals surface area contributed by atoms with E-state index in [4.69, 9.17) is 4.74 Å². The van der Waals surface area contributed by atoms with Gasteiger partial charge in [-0.15, -0.1) is 0 Å². The molecule has 3 rings (SSSR count). The molecule has 6 heteroatoms. The zero-order valence-corrected chi connectivity index (χ0v) is 13.0. The van der Waals surface area contributed by atoms with E-state index in [2.05, 4.69) is 9.97 Å². The van der Waals surface area contributed by atoms with Crippen LogP contribution in [0.1, 0.15) is 56.4 Å². The Bertz CT molecular complexity index is 787. The van der Waals surface area contributed by atoms with E-state index in [1.165, 1.54) is 7.11 Å². The second-order valence-corrected chi connectivity index (χ2v) is 6.70. The topological polar surface area (TPSA) is 99.7 Å². The average molecular weight is 296 g/mol. The molecular formula is C16H16N4O2. The Morgan fingerprint density at radius 2 is 1.64 bits per heavy atom. The van der Waals surface area contributed by atoms with Gasteiger partial charge in [-0.2, -0.15) is 10.5 Å². The molecule has 2 atom stereocenters. The molecule has 0 aromatic carbocycles. The lowest BCUT2D eigenvalue weighted by atomic mass is 9.64. The number of hydrogen-bond acceptors (Lipinski definition) is 6. The standard InChI is InChI=1S/C16H16N4O2/c1-14(2)15(3)5-6-16(14,13(21)22-4)12-11(15)19-9(7-17)10(8-18)20-12/h5-6H2,1-4H3/t15-,16-/m0/s1. The van der Waals surface area contributed by atoms with Crippen molar-refractivity contribution in [3.63, 3.8) is 0 Å². The highest BCUT2D eigenvalue weighted by atomic mass is 16.5. The molecule has 0 spiro atoms. The maximum Gasteiger partial charge on any atom is 0.318 e. The van der Waals surface area contributed by atoms with Crippen LogP contribution in [0.2, 0.25) is 0 Å². The van der Waals surface area contributed by atoms with Gasteiger partial charge in [-0.25, -0.2) is 9.97 Å². The number of nitrogens with zero attached hydrogens (tertiary/aromatic N) is 4. The summed E-state index contributed by atoms with van der Waals surface area (Å²) in [5.41, 5.74) is -0.571. The first kappa shape index (κ1) is 14.5. The van der Waals surface area contributed by atoms with E-state index in [1.54, 1.807) is 0 Å². The van der Waals surface area contributed by atoms with Crippen LogP contribution in [0.25, 0.3) is 0 Å². The van der Waals surface area contributed by atoms with E-state index in [0.717, 1.165) is 6.42 Å². The van der Waals surface area contributed by atoms with Gasteiger partial charge in [-0.3, -0.25) is 4.79 Å². The Morgan fingerprint density at radius 1 is 1.09 bits per heavy atom. The fourth-order valence-electron chi connectivity index (χ4n) is 4.26. The summed E-state index contributed by atoms with van der Waals surface area (Å²) in [5.74, 6) is -0.345. The van der Waals surface area contributed by atoms with Crippen LogP contribution in [0, 0.1) is 28.1 Å². The van der Waals surface area contributed by atoms with E-state index in [1.807, 2.05) is 32.9 Å². The highest BCUT2D eigenvalue weighted by Crippen LogP contribution is 2.70. The van der Waals surface area contributed by atoms with Crippen LogP contribution in [0.5, 0.6) is 0 Å². The summed E-state index contributed by atoms with van der Waals surface area (Å²) in [4.78, 5) is 21.4. The van der Waals surface area contributed by atoms with Crippen LogP contribution in [0.3, 0.4) is 0 Å². The lowest BCUT2D eigenvalue weighted by Crippen LogP contribution is -2.46. The number of aromatic nitrogens is 2. The third kappa shape index (κ3) is 1.23. The maximum absolute atomic E-state index is 12.6. The molecule has 1 aromatic heterocycles. The van der Waals surface area contributed by atoms with Crippen LogP contribution in [-0.2, 0) is 20.4 Å². The molecular weight excluding hydrogens is 280 g/mol. The predicted molar refractivity (Wildman–Crippen MR) is 75.5 cm³/mol. The molecule has 2 aliphatic rings. The van der Waals surface area contributed by atoms with Crippen molar-refractivity contribution in [2.75, 3.05) is 7.11 Å². The largest absolute Gasteiger partial charge is 0.468 e. The smallest absolute Gasteiger partial charge is 0.318 e. The summed E-state index contributed by atoms with van der Waals surface area (Å²) < 4.78 is 5.07. The van der Waals surface area contributed by atoms with Gasteiger partial charge in [0.05, 0.1) is 18.5 Å². The van der Waals surface area contributed by atoms with Crippen molar-refractivity contribution < 1.29 is 9.53 Å². The van der Waals surface area contributed by atoms with Gasteiger partial charge < -0.3 is 4.74 Å². The van der Waals surface area contributed by atoms with Crippen LogP contribution in [-0.4, -0.2) is 23.0 Å². The second kappa shape index (κ2) is 4.04. The molecule has 1 saturated carbocycles. The number of fused-ring (bicyclic) bond motifs is 5. The Hall–Kier alpha value is -2.47. The third-order valence-corrected chi connectivity index (χ3v) is 6.01. The van der Waals surface area contributed by atoms with Crippen LogP contribution >= 0.6 is 0 Å². The van der Waals surface area contributed by atoms with Gasteiger partial charge in [0.25, 0.3) is 0 Å². The lowest BCUT2D eigenvalue weighted by molar-refractivity contribution is -0.151. The van der Waals surface area contributed by atoms with Crippen molar-refractivity contribution in [3.05, 3.63) is 22.8 Å². The summed E-state index contributed by atoms with van der Waals surface area (Å²) in [6, 6.07) is 3.83. The van der Waals surface area contributed by atoms with Gasteiger partial charge in [0.2, 0.25) is 0 Å². The molecule has 1 fully saturated rings. The van der Waals surface area contributed by atoms with Crippen molar-refractivity contribution in [3.8, 4) is 12.1 Å². The Morgan fingerprint density at radius 3 is 2.14 bits per heavy atom. The molecule has 1 heterocycles. The Balaban J connectivity index is 2.42. The minimum atomic E-state index is -0.904. The SMILES string of the molecule is COC(=O)[C@]12CC[C@@](C)(c3nc(C#N)c(C#N)nc31)C2(C)C. The summed E-state index contributed by atoms with van der Waals surface area (Å²) in [6.07, 6.45) is 1.38. The molecule has 0 N–H and O–H groups in total. The predicted octanol–water partition coefficient (Wildman–Crippen LogP) is 1.72. The van der Waals surface area contributed by atoms with Crippen LogP contribution in [0.15, 0.2) is 0 Å². The minimum absolute atomic E-state index is 0.0193. The van der Waals surface area contributed by atoms with Crippen molar-refractivity contribution in [1.82, 2.24) is 9.97 Å². The number of carbonyl (C=O) groups excluding carboxylic acids is 1. The highest BCUT2D eigenvalue weighted by Gasteiger charge is 2.74. The van der Waals surface area contributed by atoms with Crippen molar-refractivity contribution >= 4 is 5.97 Å². The third-order valence-electron chi connectivity index (χ3n) is 6.01. The Kier molecular flexibility index (Phi) is 2.66. The van der Waals surface area contributed by atoms with E-state index < -0.39 is 10.8 Å². The molecule has 0 radical (unpaired) electrons. The zero-order chi connectivity index (χ0) is 16.3. The average Bonchev–Trinajstić information content (AvgIpc) is 2.81. The fourth-order valence-corrected chi connectivity index (χ4v) is 4.26. The van der Waals surface area contributed by atoms with E-state index in [-0.39, 0.29) is 22.8 Å². The van der Waals surface area contributed by atoms with Crippen molar-refractivity contribution in [2.45, 2.75) is 44.4 Å². The molecule has 0 saturated heterocycles. The van der Waals surface area contributed by atoms with Crippen LogP contribution in [0.4, 0.5) is 0 Å². The van der Waals surface area contributed by atoms with E-state index in [9.17, 15) is 15.3 Å². The first-order valence-corrected chi connectivity index (χ1v) is 7.12. The first-order chi connectivity index (χ1) is 10.3. The minimum Gasteiger partial charge on any atom is -0.468 e. The molecule has 22 heavy (non-hydrogen) atoms. The molecule has 1 aromatic rings. The molecule has 2 bridgehead atoms. The van der Waals surface area contributed by atoms with Gasteiger partial charge >= 0.3 is 5.97 Å². The van der Waals surface area contributed by atoms with Gasteiger partial charge in [0.15, 0.2) is 11.4 Å². The number of nitriles is 2. The lowest BCUT2D eigenvalue weighted by Gasteiger charge is -2.38. The molecule has 6 nitrogen and oxygen atoms in total. The first-order valence-electron chi connectivity index (χ1n) is 7.12. The van der Waals surface area contributed by atoms with E-state index >= 15 is 0 Å². The quantitative estimate of drug-likeness (QED) is 0.731. The number of rotatable bonds is 1. The number of carbonyl (C=O) groups is 1. The van der Waals surface area contributed by atoms with Gasteiger partial charge in [0.1, 0.15) is 17.6 Å². The highest BCUT2D eigenvalue weighted by molar-refractivity contribution is 5.87. The fraction of sp³-hybridized carbons (Fsp3) is 0.562. The Labute approximate surface area is 128 Å². The van der Waals surface area contributed by atoms with E-state index in [0.29, 0.717) is 17.8 Å². The van der Waals surface area contributed by atoms with Crippen molar-refractivity contribution in [1.29, 1.82) is 10.5 Å². The summed E-state index contributed by atoms with van der Waals surface area (Å²) in [6.45, 7) is 6.07. The molecule has 112 valence electrons. The summed E-state index contributed by atoms with van der Waals surface area (Å²) in [7, 11) is 1.36. The summed E-state index contributed by atoms with van der Waals surface area (Å²) in [5, 5.41) is 18.4. The molecule has 0 aliphatic heterocycles. The second-order valence-electron chi connectivity index (χ2n) is 6.70. The van der Waals surface area contributed by atoms with Crippen LogP contribution < -0.4 is 0 Å². The van der Waals surface area contributed by atoms with Gasteiger partial charge in [-0.1, -0.05) is 20.8 Å². The van der Waals surface area contributed by atoms with Gasteiger partial charge in [-0.05, 0) is 18.3 Å². The van der Waals surface area contributed by atoms with Crippen molar-refractivity contribution in [2.24, 2.45) is 5.41 Å². The maximum atomic E-state index is 12.6. The van der Waals surface area contributed by atoms with Gasteiger partial charge in [0, 0.05) is 5.41 Å². The number of esters is 1. The number of hydrogen-bond donors (Lipinski definition) is 0.